The maximum Gasteiger partial charge on any atom is 0.293 e. The molecule has 0 spiro atoms. The molecule has 2 aromatic rings. The third kappa shape index (κ3) is 2.57. The second-order valence-corrected chi connectivity index (χ2v) is 5.50. The van der Waals surface area contributed by atoms with Crippen LogP contribution in [0.1, 0.15) is 16.7 Å². The Bertz CT molecular complexity index is 755. The lowest BCUT2D eigenvalue weighted by Crippen LogP contribution is -2.30. The van der Waals surface area contributed by atoms with Crippen molar-refractivity contribution in [1.82, 2.24) is 0 Å². The number of benzene rings is 2. The SMILES string of the molecule is Cc1cccc(CC(=O)N2CCc3cccc([N+](=O)[O-])c32)c1. The fraction of sp³-hybridized carbons (Fsp3) is 0.235. The number of anilines is 1. The Labute approximate surface area is 128 Å². The smallest absolute Gasteiger partial charge is 0.293 e. The Hall–Kier alpha value is -2.69. The van der Waals surface area contributed by atoms with Gasteiger partial charge in [0, 0.05) is 12.6 Å². The van der Waals surface area contributed by atoms with E-state index in [9.17, 15) is 14.9 Å². The first-order valence-corrected chi connectivity index (χ1v) is 7.18. The van der Waals surface area contributed by atoms with Gasteiger partial charge in [0.25, 0.3) is 5.69 Å². The number of amides is 1. The van der Waals surface area contributed by atoms with Crippen LogP contribution < -0.4 is 4.90 Å². The van der Waals surface area contributed by atoms with Gasteiger partial charge in [-0.3, -0.25) is 14.9 Å². The maximum absolute atomic E-state index is 12.6. The number of fused-ring (bicyclic) bond motifs is 1. The van der Waals surface area contributed by atoms with Crippen molar-refractivity contribution in [1.29, 1.82) is 0 Å². The fourth-order valence-corrected chi connectivity index (χ4v) is 2.92. The molecule has 0 saturated carbocycles. The summed E-state index contributed by atoms with van der Waals surface area (Å²) in [7, 11) is 0. The number of aryl methyl sites for hydroxylation is 1. The summed E-state index contributed by atoms with van der Waals surface area (Å²) >= 11 is 0. The molecule has 5 heteroatoms. The van der Waals surface area contributed by atoms with Gasteiger partial charge < -0.3 is 4.90 Å². The molecule has 0 saturated heterocycles. The van der Waals surface area contributed by atoms with Crippen LogP contribution in [0.25, 0.3) is 0 Å². The molecule has 0 radical (unpaired) electrons. The highest BCUT2D eigenvalue weighted by Crippen LogP contribution is 2.37. The molecule has 1 amide bonds. The summed E-state index contributed by atoms with van der Waals surface area (Å²) in [5.74, 6) is -0.0985. The topological polar surface area (TPSA) is 63.5 Å². The number of nitro benzene ring substituents is 1. The summed E-state index contributed by atoms with van der Waals surface area (Å²) in [6.45, 7) is 2.48. The summed E-state index contributed by atoms with van der Waals surface area (Å²) in [4.78, 5) is 24.9. The number of nitro groups is 1. The van der Waals surface area contributed by atoms with E-state index >= 15 is 0 Å². The standard InChI is InChI=1S/C17H16N2O3/c1-12-4-2-5-13(10-12)11-16(20)18-9-8-14-6-3-7-15(17(14)18)19(21)22/h2-7,10H,8-9,11H2,1H3. The highest BCUT2D eigenvalue weighted by Gasteiger charge is 2.31. The van der Waals surface area contributed by atoms with Crippen molar-refractivity contribution in [2.45, 2.75) is 19.8 Å². The van der Waals surface area contributed by atoms with E-state index in [1.807, 2.05) is 37.3 Å². The lowest BCUT2D eigenvalue weighted by atomic mass is 10.1. The van der Waals surface area contributed by atoms with E-state index in [1.165, 1.54) is 6.07 Å². The molecule has 0 atom stereocenters. The van der Waals surface area contributed by atoms with Crippen LogP contribution >= 0.6 is 0 Å². The van der Waals surface area contributed by atoms with Gasteiger partial charge in [-0.25, -0.2) is 0 Å². The van der Waals surface area contributed by atoms with Crippen LogP contribution in [-0.2, 0) is 17.6 Å². The average molecular weight is 296 g/mol. The van der Waals surface area contributed by atoms with E-state index in [0.717, 1.165) is 16.7 Å². The third-order valence-corrected chi connectivity index (χ3v) is 3.91. The zero-order valence-electron chi connectivity index (χ0n) is 12.3. The van der Waals surface area contributed by atoms with Crippen molar-refractivity contribution in [2.24, 2.45) is 0 Å². The zero-order chi connectivity index (χ0) is 15.7. The van der Waals surface area contributed by atoms with Gasteiger partial charge in [0.15, 0.2) is 0 Å². The van der Waals surface area contributed by atoms with Crippen molar-refractivity contribution in [3.8, 4) is 0 Å². The Balaban J connectivity index is 1.89. The van der Waals surface area contributed by atoms with E-state index in [1.54, 1.807) is 11.0 Å². The predicted octanol–water partition coefficient (Wildman–Crippen LogP) is 3.04. The molecule has 1 aliphatic rings. The Morgan fingerprint density at radius 1 is 1.27 bits per heavy atom. The summed E-state index contributed by atoms with van der Waals surface area (Å²) in [6, 6.07) is 12.7. The van der Waals surface area contributed by atoms with Crippen molar-refractivity contribution in [2.75, 3.05) is 11.4 Å². The van der Waals surface area contributed by atoms with Crippen LogP contribution in [0.15, 0.2) is 42.5 Å². The van der Waals surface area contributed by atoms with E-state index in [2.05, 4.69) is 0 Å². The van der Waals surface area contributed by atoms with Gasteiger partial charge in [0.05, 0.1) is 11.3 Å². The number of carbonyl (C=O) groups excluding carboxylic acids is 1. The second kappa shape index (κ2) is 5.60. The molecule has 112 valence electrons. The lowest BCUT2D eigenvalue weighted by molar-refractivity contribution is -0.384. The summed E-state index contributed by atoms with van der Waals surface area (Å²) < 4.78 is 0. The van der Waals surface area contributed by atoms with Gasteiger partial charge in [-0.2, -0.15) is 0 Å². The van der Waals surface area contributed by atoms with Crippen LogP contribution in [0.3, 0.4) is 0 Å². The normalized spacial score (nSPS) is 13.0. The second-order valence-electron chi connectivity index (χ2n) is 5.50. The van der Waals surface area contributed by atoms with Gasteiger partial charge in [0.2, 0.25) is 5.91 Å². The fourth-order valence-electron chi connectivity index (χ4n) is 2.92. The van der Waals surface area contributed by atoms with E-state index in [4.69, 9.17) is 0 Å². The molecule has 5 nitrogen and oxygen atoms in total. The van der Waals surface area contributed by atoms with Crippen LogP contribution in [0, 0.1) is 17.0 Å². The van der Waals surface area contributed by atoms with Gasteiger partial charge in [-0.1, -0.05) is 42.0 Å². The van der Waals surface area contributed by atoms with Crippen molar-refractivity contribution >= 4 is 17.3 Å². The summed E-state index contributed by atoms with van der Waals surface area (Å²) in [5, 5.41) is 11.2. The first-order chi connectivity index (χ1) is 10.6. The van der Waals surface area contributed by atoms with Gasteiger partial charge >= 0.3 is 0 Å². The predicted molar refractivity (Wildman–Crippen MR) is 84.0 cm³/mol. The van der Waals surface area contributed by atoms with E-state index in [0.29, 0.717) is 18.7 Å². The van der Waals surface area contributed by atoms with Crippen LogP contribution in [0.2, 0.25) is 0 Å². The zero-order valence-corrected chi connectivity index (χ0v) is 12.3. The number of carbonyl (C=O) groups is 1. The van der Waals surface area contributed by atoms with E-state index < -0.39 is 4.92 Å². The minimum Gasteiger partial charge on any atom is -0.306 e. The van der Waals surface area contributed by atoms with Crippen molar-refractivity contribution in [3.63, 3.8) is 0 Å². The molecule has 3 rings (SSSR count). The summed E-state index contributed by atoms with van der Waals surface area (Å²) in [5.41, 5.74) is 3.36. The molecule has 0 aliphatic carbocycles. The minimum absolute atomic E-state index is 0.00703. The van der Waals surface area contributed by atoms with Crippen molar-refractivity contribution < 1.29 is 9.72 Å². The summed E-state index contributed by atoms with van der Waals surface area (Å²) in [6.07, 6.45) is 0.920. The Morgan fingerprint density at radius 2 is 2.05 bits per heavy atom. The van der Waals surface area contributed by atoms with Crippen molar-refractivity contribution in [3.05, 3.63) is 69.3 Å². The molecule has 1 heterocycles. The average Bonchev–Trinajstić information content (AvgIpc) is 2.91. The molecule has 0 unspecified atom stereocenters. The van der Waals surface area contributed by atoms with Crippen LogP contribution in [-0.4, -0.2) is 17.4 Å². The molecule has 1 aliphatic heterocycles. The first kappa shape index (κ1) is 14.3. The number of nitrogens with zero attached hydrogens (tertiary/aromatic N) is 2. The van der Waals surface area contributed by atoms with Crippen LogP contribution in [0.4, 0.5) is 11.4 Å². The van der Waals surface area contributed by atoms with Gasteiger partial charge in [0.1, 0.15) is 5.69 Å². The molecule has 2 aromatic carbocycles. The van der Waals surface area contributed by atoms with Gasteiger partial charge in [-0.05, 0) is 24.5 Å². The quantitative estimate of drug-likeness (QED) is 0.646. The number of para-hydroxylation sites is 1. The number of rotatable bonds is 3. The highest BCUT2D eigenvalue weighted by atomic mass is 16.6. The minimum atomic E-state index is -0.420. The van der Waals surface area contributed by atoms with Gasteiger partial charge in [-0.15, -0.1) is 0 Å². The molecular formula is C17H16N2O3. The largest absolute Gasteiger partial charge is 0.306 e. The van der Waals surface area contributed by atoms with Crippen LogP contribution in [0.5, 0.6) is 0 Å². The monoisotopic (exact) mass is 296 g/mol. The molecule has 0 fully saturated rings. The third-order valence-electron chi connectivity index (χ3n) is 3.91. The van der Waals surface area contributed by atoms with E-state index in [-0.39, 0.29) is 18.0 Å². The molecule has 0 N–H and O–H groups in total. The number of hydrogen-bond donors (Lipinski definition) is 0. The number of hydrogen-bond acceptors (Lipinski definition) is 3. The molecular weight excluding hydrogens is 280 g/mol. The lowest BCUT2D eigenvalue weighted by Gasteiger charge is -2.17. The molecule has 0 bridgehead atoms. The first-order valence-electron chi connectivity index (χ1n) is 7.18. The maximum atomic E-state index is 12.6. The highest BCUT2D eigenvalue weighted by molar-refractivity contribution is 5.99. The molecule has 0 aromatic heterocycles. The molecule has 22 heavy (non-hydrogen) atoms. The Kier molecular flexibility index (Phi) is 3.63. The Morgan fingerprint density at radius 3 is 2.77 bits per heavy atom.